The zero-order chi connectivity index (χ0) is 19.9. The lowest BCUT2D eigenvalue weighted by Crippen LogP contribution is -2.37. The van der Waals surface area contributed by atoms with Crippen LogP contribution in [0.2, 0.25) is 0 Å². The zero-order valence-electron chi connectivity index (χ0n) is 14.9. The van der Waals surface area contributed by atoms with E-state index in [9.17, 15) is 19.2 Å². The van der Waals surface area contributed by atoms with E-state index in [-0.39, 0.29) is 23.3 Å². The Morgan fingerprint density at radius 3 is 2.52 bits per heavy atom. The molecule has 0 fully saturated rings. The first-order valence-electron chi connectivity index (χ1n) is 7.95. The van der Waals surface area contributed by atoms with Gasteiger partial charge in [-0.05, 0) is 30.7 Å². The smallest absolute Gasteiger partial charge is 0.335 e. The number of aromatic carboxylic acids is 1. The highest BCUT2D eigenvalue weighted by atomic mass is 16.4. The quantitative estimate of drug-likeness (QED) is 0.668. The number of imidazole rings is 1. The monoisotopic (exact) mass is 371 g/mol. The molecule has 140 valence electrons. The van der Waals surface area contributed by atoms with Gasteiger partial charge in [-0.2, -0.15) is 0 Å². The summed E-state index contributed by atoms with van der Waals surface area (Å²) in [6, 6.07) is 4.45. The van der Waals surface area contributed by atoms with Crippen LogP contribution < -0.4 is 16.6 Å². The first-order valence-corrected chi connectivity index (χ1v) is 7.95. The maximum atomic E-state index is 12.4. The summed E-state index contributed by atoms with van der Waals surface area (Å²) < 4.78 is 3.55. The number of nitrogens with zero attached hydrogens (tertiary/aromatic N) is 4. The number of hydrogen-bond donors (Lipinski definition) is 2. The van der Waals surface area contributed by atoms with Crippen molar-refractivity contribution in [3.63, 3.8) is 0 Å². The molecule has 3 aromatic rings. The summed E-state index contributed by atoms with van der Waals surface area (Å²) in [6.07, 6.45) is 1.32. The van der Waals surface area contributed by atoms with E-state index < -0.39 is 23.1 Å². The van der Waals surface area contributed by atoms with Gasteiger partial charge in [0.2, 0.25) is 5.91 Å². The van der Waals surface area contributed by atoms with E-state index >= 15 is 0 Å². The molecule has 0 saturated carbocycles. The maximum absolute atomic E-state index is 12.4. The second-order valence-electron chi connectivity index (χ2n) is 6.13. The molecule has 0 unspecified atom stereocenters. The number of carbonyl (C=O) groups excluding carboxylic acids is 1. The Morgan fingerprint density at radius 2 is 1.89 bits per heavy atom. The van der Waals surface area contributed by atoms with Gasteiger partial charge >= 0.3 is 11.7 Å². The van der Waals surface area contributed by atoms with E-state index in [1.54, 1.807) is 13.0 Å². The van der Waals surface area contributed by atoms with Crippen LogP contribution in [0.3, 0.4) is 0 Å². The molecule has 2 heterocycles. The third kappa shape index (κ3) is 3.12. The minimum atomic E-state index is -1.04. The number of anilines is 1. The first kappa shape index (κ1) is 18.1. The Hall–Kier alpha value is -3.69. The number of fused-ring (bicyclic) bond motifs is 1. The van der Waals surface area contributed by atoms with Crippen molar-refractivity contribution in [3.8, 4) is 0 Å². The molecule has 0 bridgehead atoms. The number of nitrogens with one attached hydrogen (secondary N) is 1. The third-order valence-electron chi connectivity index (χ3n) is 4.27. The fraction of sp³-hybridized carbons (Fsp3) is 0.235. The maximum Gasteiger partial charge on any atom is 0.335 e. The van der Waals surface area contributed by atoms with Crippen LogP contribution in [0.1, 0.15) is 15.9 Å². The summed E-state index contributed by atoms with van der Waals surface area (Å²) in [4.78, 5) is 51.8. The summed E-state index contributed by atoms with van der Waals surface area (Å²) in [7, 11) is 2.85. The molecule has 2 N–H and O–H groups in total. The van der Waals surface area contributed by atoms with Gasteiger partial charge in [0.25, 0.3) is 5.56 Å². The molecule has 3 rings (SSSR count). The average molecular weight is 371 g/mol. The fourth-order valence-corrected chi connectivity index (χ4v) is 2.85. The number of carboxylic acids is 1. The van der Waals surface area contributed by atoms with Gasteiger partial charge in [-0.25, -0.2) is 14.6 Å². The van der Waals surface area contributed by atoms with Crippen molar-refractivity contribution in [2.24, 2.45) is 14.1 Å². The van der Waals surface area contributed by atoms with E-state index in [1.807, 2.05) is 0 Å². The van der Waals surface area contributed by atoms with Crippen LogP contribution in [-0.4, -0.2) is 35.7 Å². The zero-order valence-corrected chi connectivity index (χ0v) is 14.9. The van der Waals surface area contributed by atoms with Crippen molar-refractivity contribution in [2.75, 3.05) is 5.32 Å². The third-order valence-corrected chi connectivity index (χ3v) is 4.27. The molecule has 2 aromatic heterocycles. The SMILES string of the molecule is Cc1cc(NC(=O)Cn2cnc3c2c(=O)n(C)c(=O)n3C)ccc1C(=O)O. The Kier molecular flexibility index (Phi) is 4.40. The van der Waals surface area contributed by atoms with Crippen LogP contribution in [0, 0.1) is 6.92 Å². The summed E-state index contributed by atoms with van der Waals surface area (Å²) >= 11 is 0. The highest BCUT2D eigenvalue weighted by molar-refractivity contribution is 5.93. The number of aromatic nitrogens is 4. The van der Waals surface area contributed by atoms with Gasteiger partial charge in [-0.15, -0.1) is 0 Å². The van der Waals surface area contributed by atoms with Crippen molar-refractivity contribution >= 4 is 28.7 Å². The molecule has 1 aromatic carbocycles. The molecule has 10 nitrogen and oxygen atoms in total. The highest BCUT2D eigenvalue weighted by Crippen LogP contribution is 2.15. The molecule has 0 aliphatic carbocycles. The van der Waals surface area contributed by atoms with E-state index in [0.717, 1.165) is 4.57 Å². The molecule has 0 saturated heterocycles. The Bertz CT molecular complexity index is 1200. The minimum Gasteiger partial charge on any atom is -0.478 e. The number of carbonyl (C=O) groups is 2. The lowest BCUT2D eigenvalue weighted by molar-refractivity contribution is -0.116. The first-order chi connectivity index (χ1) is 12.7. The lowest BCUT2D eigenvalue weighted by Gasteiger charge is -2.09. The predicted molar refractivity (Wildman–Crippen MR) is 97.0 cm³/mol. The highest BCUT2D eigenvalue weighted by Gasteiger charge is 2.16. The molecule has 27 heavy (non-hydrogen) atoms. The number of rotatable bonds is 4. The Balaban J connectivity index is 1.89. The standard InChI is InChI=1S/C17H17N5O5/c1-9-6-10(4-5-11(9)16(25)26)19-12(23)7-22-8-18-14-13(22)15(24)21(3)17(27)20(14)2/h4-6,8H,7H2,1-3H3,(H,19,23)(H,25,26). The van der Waals surface area contributed by atoms with Crippen molar-refractivity contribution < 1.29 is 14.7 Å². The van der Waals surface area contributed by atoms with Gasteiger partial charge in [0.15, 0.2) is 11.2 Å². The Labute approximate surface area is 152 Å². The minimum absolute atomic E-state index is 0.146. The summed E-state index contributed by atoms with van der Waals surface area (Å²) in [5, 5.41) is 11.7. The van der Waals surface area contributed by atoms with Crippen molar-refractivity contribution in [1.29, 1.82) is 0 Å². The number of benzene rings is 1. The molecule has 0 aliphatic heterocycles. The lowest BCUT2D eigenvalue weighted by atomic mass is 10.1. The van der Waals surface area contributed by atoms with Gasteiger partial charge in [0.05, 0.1) is 11.9 Å². The number of carboxylic acid groups (broad SMARTS) is 1. The second-order valence-corrected chi connectivity index (χ2v) is 6.13. The van der Waals surface area contributed by atoms with Crippen LogP contribution in [0.15, 0.2) is 34.1 Å². The van der Waals surface area contributed by atoms with Crippen molar-refractivity contribution in [2.45, 2.75) is 13.5 Å². The van der Waals surface area contributed by atoms with Crippen LogP contribution in [-0.2, 0) is 25.4 Å². The number of aryl methyl sites for hydroxylation is 2. The Morgan fingerprint density at radius 1 is 1.19 bits per heavy atom. The van der Waals surface area contributed by atoms with E-state index in [2.05, 4.69) is 10.3 Å². The van der Waals surface area contributed by atoms with Gasteiger partial charge in [-0.3, -0.25) is 18.7 Å². The molecule has 0 radical (unpaired) electrons. The molecule has 0 spiro atoms. The topological polar surface area (TPSA) is 128 Å². The van der Waals surface area contributed by atoms with Crippen LogP contribution in [0.5, 0.6) is 0 Å². The van der Waals surface area contributed by atoms with Gasteiger partial charge in [0, 0.05) is 19.8 Å². The average Bonchev–Trinajstić information content (AvgIpc) is 3.01. The summed E-state index contributed by atoms with van der Waals surface area (Å²) in [5.41, 5.74) is 0.392. The molecular formula is C17H17N5O5. The normalized spacial score (nSPS) is 10.9. The van der Waals surface area contributed by atoms with Gasteiger partial charge in [-0.1, -0.05) is 0 Å². The second kappa shape index (κ2) is 6.56. The molecule has 10 heteroatoms. The molecular weight excluding hydrogens is 354 g/mol. The summed E-state index contributed by atoms with van der Waals surface area (Å²) in [5.74, 6) is -1.47. The van der Waals surface area contributed by atoms with E-state index in [0.29, 0.717) is 11.3 Å². The van der Waals surface area contributed by atoms with Crippen LogP contribution in [0.25, 0.3) is 11.2 Å². The molecule has 1 amide bonds. The summed E-state index contributed by atoms with van der Waals surface area (Å²) in [6.45, 7) is 1.44. The van der Waals surface area contributed by atoms with Crippen LogP contribution in [0.4, 0.5) is 5.69 Å². The van der Waals surface area contributed by atoms with Gasteiger partial charge in [0.1, 0.15) is 6.54 Å². The van der Waals surface area contributed by atoms with Crippen molar-refractivity contribution in [1.82, 2.24) is 18.7 Å². The molecule has 0 aliphatic rings. The van der Waals surface area contributed by atoms with Crippen LogP contribution >= 0.6 is 0 Å². The fourth-order valence-electron chi connectivity index (χ4n) is 2.85. The van der Waals surface area contributed by atoms with E-state index in [4.69, 9.17) is 5.11 Å². The number of amides is 1. The molecule has 0 atom stereocenters. The van der Waals surface area contributed by atoms with E-state index in [1.165, 1.54) is 41.7 Å². The van der Waals surface area contributed by atoms with Crippen molar-refractivity contribution in [3.05, 3.63) is 56.5 Å². The van der Waals surface area contributed by atoms with Gasteiger partial charge < -0.3 is 15.0 Å². The predicted octanol–water partition coefficient (Wildman–Crippen LogP) is 0.0790. The number of hydrogen-bond acceptors (Lipinski definition) is 5. The largest absolute Gasteiger partial charge is 0.478 e.